The molecule has 2 aromatic rings. The number of nitrogens with one attached hydrogen (secondary N) is 1. The Bertz CT molecular complexity index is 1140. The van der Waals surface area contributed by atoms with Gasteiger partial charge in [0.1, 0.15) is 11.8 Å². The molecule has 0 saturated carbocycles. The van der Waals surface area contributed by atoms with Crippen LogP contribution in [0.4, 0.5) is 5.69 Å². The summed E-state index contributed by atoms with van der Waals surface area (Å²) < 4.78 is 31.7. The molecule has 0 aliphatic rings. The fourth-order valence-electron chi connectivity index (χ4n) is 4.06. The normalized spacial score (nSPS) is 12.2. The van der Waals surface area contributed by atoms with Crippen LogP contribution in [0.1, 0.15) is 50.3 Å². The Morgan fingerprint density at radius 1 is 1.00 bits per heavy atom. The van der Waals surface area contributed by atoms with E-state index in [9.17, 15) is 18.0 Å². The lowest BCUT2D eigenvalue weighted by molar-refractivity contribution is -0.140. The van der Waals surface area contributed by atoms with Gasteiger partial charge in [0.25, 0.3) is 0 Å². The number of ether oxygens (including phenoxy) is 1. The van der Waals surface area contributed by atoms with Crippen molar-refractivity contribution in [3.8, 4) is 5.75 Å². The molecule has 8 nitrogen and oxygen atoms in total. The zero-order valence-electron chi connectivity index (χ0n) is 23.1. The third-order valence-electron chi connectivity index (χ3n) is 6.01. The molecule has 2 rings (SSSR count). The quantitative estimate of drug-likeness (QED) is 0.421. The van der Waals surface area contributed by atoms with Gasteiger partial charge < -0.3 is 15.0 Å². The molecule has 0 aromatic heterocycles. The fraction of sp³-hybridized carbons (Fsp3) is 0.500. The SMILES string of the molecule is COc1ccc(CN(C(=O)CCCN(c2cc(C)cc(C)c2)S(C)(=O)=O)C(C)C(=O)NCC(C)C)cc1. The highest BCUT2D eigenvalue weighted by atomic mass is 32.2. The van der Waals surface area contributed by atoms with Crippen molar-refractivity contribution in [1.82, 2.24) is 10.2 Å². The summed E-state index contributed by atoms with van der Waals surface area (Å²) in [6.45, 7) is 10.5. The molecule has 1 atom stereocenters. The number of carbonyl (C=O) groups excluding carboxylic acids is 2. The number of amides is 2. The summed E-state index contributed by atoms with van der Waals surface area (Å²) in [6.07, 6.45) is 1.59. The molecule has 1 N–H and O–H groups in total. The third-order valence-corrected chi connectivity index (χ3v) is 7.20. The Hall–Kier alpha value is -3.07. The van der Waals surface area contributed by atoms with Crippen LogP contribution < -0.4 is 14.4 Å². The number of sulfonamides is 1. The zero-order chi connectivity index (χ0) is 27.8. The highest BCUT2D eigenvalue weighted by molar-refractivity contribution is 7.92. The van der Waals surface area contributed by atoms with Crippen molar-refractivity contribution < 1.29 is 22.7 Å². The monoisotopic (exact) mass is 531 g/mol. The number of benzene rings is 2. The van der Waals surface area contributed by atoms with Crippen molar-refractivity contribution in [2.75, 3.05) is 30.8 Å². The molecule has 0 aliphatic carbocycles. The van der Waals surface area contributed by atoms with Crippen LogP contribution in [0.5, 0.6) is 5.75 Å². The predicted molar refractivity (Wildman–Crippen MR) is 148 cm³/mol. The van der Waals surface area contributed by atoms with Gasteiger partial charge in [-0.15, -0.1) is 0 Å². The second kappa shape index (κ2) is 13.5. The molecule has 0 aliphatic heterocycles. The predicted octanol–water partition coefficient (Wildman–Crippen LogP) is 4.05. The summed E-state index contributed by atoms with van der Waals surface area (Å²) in [5.41, 5.74) is 3.38. The number of anilines is 1. The van der Waals surface area contributed by atoms with Gasteiger partial charge in [0.15, 0.2) is 0 Å². The smallest absolute Gasteiger partial charge is 0.242 e. The topological polar surface area (TPSA) is 96.0 Å². The highest BCUT2D eigenvalue weighted by Gasteiger charge is 2.27. The van der Waals surface area contributed by atoms with Crippen LogP contribution in [0, 0.1) is 19.8 Å². The molecule has 0 heterocycles. The van der Waals surface area contributed by atoms with Gasteiger partial charge in [0.2, 0.25) is 21.8 Å². The van der Waals surface area contributed by atoms with E-state index in [1.807, 2.05) is 70.2 Å². The Kier molecular flexibility index (Phi) is 11.0. The van der Waals surface area contributed by atoms with Crippen molar-refractivity contribution in [3.05, 3.63) is 59.2 Å². The molecular weight excluding hydrogens is 490 g/mol. The van der Waals surface area contributed by atoms with E-state index in [0.29, 0.717) is 24.4 Å². The van der Waals surface area contributed by atoms with E-state index >= 15 is 0 Å². The van der Waals surface area contributed by atoms with Gasteiger partial charge in [-0.2, -0.15) is 0 Å². The molecule has 9 heteroatoms. The van der Waals surface area contributed by atoms with Crippen molar-refractivity contribution in [3.63, 3.8) is 0 Å². The van der Waals surface area contributed by atoms with Crippen LogP contribution in [0.15, 0.2) is 42.5 Å². The van der Waals surface area contributed by atoms with E-state index in [2.05, 4.69) is 5.32 Å². The van der Waals surface area contributed by atoms with Gasteiger partial charge in [0.05, 0.1) is 19.1 Å². The molecule has 0 saturated heterocycles. The average molecular weight is 532 g/mol. The van der Waals surface area contributed by atoms with Crippen molar-refractivity contribution in [2.24, 2.45) is 5.92 Å². The zero-order valence-corrected chi connectivity index (χ0v) is 23.9. The maximum atomic E-state index is 13.4. The van der Waals surface area contributed by atoms with Crippen LogP contribution in [-0.4, -0.2) is 57.6 Å². The number of hydrogen-bond donors (Lipinski definition) is 1. The number of rotatable bonds is 13. The molecule has 0 bridgehead atoms. The van der Waals surface area contributed by atoms with E-state index in [0.717, 1.165) is 16.7 Å². The first-order valence-electron chi connectivity index (χ1n) is 12.6. The molecule has 204 valence electrons. The molecule has 2 aromatic carbocycles. The summed E-state index contributed by atoms with van der Waals surface area (Å²) in [5.74, 6) is 0.561. The summed E-state index contributed by atoms with van der Waals surface area (Å²) in [5, 5.41) is 2.91. The molecule has 0 spiro atoms. The van der Waals surface area contributed by atoms with Crippen LogP contribution in [0.2, 0.25) is 0 Å². The Labute approximate surface area is 222 Å². The third kappa shape index (κ3) is 9.39. The Morgan fingerprint density at radius 2 is 1.59 bits per heavy atom. The number of carbonyl (C=O) groups is 2. The first kappa shape index (κ1) is 30.2. The second-order valence-corrected chi connectivity index (χ2v) is 11.9. The van der Waals surface area contributed by atoms with Gasteiger partial charge in [-0.25, -0.2) is 8.42 Å². The maximum absolute atomic E-state index is 13.4. The van der Waals surface area contributed by atoms with Gasteiger partial charge >= 0.3 is 0 Å². The standard InChI is InChI=1S/C28H41N3O5S/c1-20(2)18-29-28(33)23(5)30(19-24-10-12-26(36-6)13-11-24)27(32)9-8-14-31(37(7,34)35)25-16-21(3)15-22(4)17-25/h10-13,15-17,20,23H,8-9,14,18-19H2,1-7H3,(H,29,33). The van der Waals surface area contributed by atoms with Gasteiger partial charge in [0, 0.05) is 26.1 Å². The lowest BCUT2D eigenvalue weighted by Gasteiger charge is -2.30. The van der Waals surface area contributed by atoms with Crippen LogP contribution in [0.25, 0.3) is 0 Å². The number of hydrogen-bond acceptors (Lipinski definition) is 5. The minimum Gasteiger partial charge on any atom is -0.497 e. The summed E-state index contributed by atoms with van der Waals surface area (Å²) in [4.78, 5) is 27.8. The van der Waals surface area contributed by atoms with E-state index in [4.69, 9.17) is 4.74 Å². The average Bonchev–Trinajstić information content (AvgIpc) is 2.82. The lowest BCUT2D eigenvalue weighted by Crippen LogP contribution is -2.48. The first-order chi connectivity index (χ1) is 17.3. The molecule has 0 fully saturated rings. The summed E-state index contributed by atoms with van der Waals surface area (Å²) in [6, 6.07) is 12.3. The first-order valence-corrected chi connectivity index (χ1v) is 14.4. The fourth-order valence-corrected chi connectivity index (χ4v) is 5.01. The van der Waals surface area contributed by atoms with Gasteiger partial charge in [-0.05, 0) is 74.1 Å². The van der Waals surface area contributed by atoms with Crippen LogP contribution >= 0.6 is 0 Å². The van der Waals surface area contributed by atoms with E-state index in [1.54, 1.807) is 18.9 Å². The van der Waals surface area contributed by atoms with Crippen LogP contribution in [-0.2, 0) is 26.2 Å². The second-order valence-electron chi connectivity index (χ2n) is 9.97. The highest BCUT2D eigenvalue weighted by Crippen LogP contribution is 2.22. The van der Waals surface area contributed by atoms with Gasteiger partial charge in [-0.1, -0.05) is 32.0 Å². The minimum atomic E-state index is -3.54. The van der Waals surface area contributed by atoms with E-state index < -0.39 is 16.1 Å². The summed E-state index contributed by atoms with van der Waals surface area (Å²) in [7, 11) is -1.95. The Balaban J connectivity index is 2.19. The van der Waals surface area contributed by atoms with E-state index in [-0.39, 0.29) is 37.2 Å². The number of aryl methyl sites for hydroxylation is 2. The van der Waals surface area contributed by atoms with Crippen molar-refractivity contribution in [1.29, 1.82) is 0 Å². The lowest BCUT2D eigenvalue weighted by atomic mass is 10.1. The molecular formula is C28H41N3O5S. The number of nitrogens with zero attached hydrogens (tertiary/aromatic N) is 2. The summed E-state index contributed by atoms with van der Waals surface area (Å²) >= 11 is 0. The van der Waals surface area contributed by atoms with Crippen LogP contribution in [0.3, 0.4) is 0 Å². The van der Waals surface area contributed by atoms with Crippen molar-refractivity contribution >= 4 is 27.5 Å². The minimum absolute atomic E-state index is 0.106. The van der Waals surface area contributed by atoms with E-state index in [1.165, 1.54) is 10.6 Å². The van der Waals surface area contributed by atoms with Crippen molar-refractivity contribution in [2.45, 2.75) is 60.0 Å². The van der Waals surface area contributed by atoms with Gasteiger partial charge in [-0.3, -0.25) is 13.9 Å². The maximum Gasteiger partial charge on any atom is 0.242 e. The molecule has 1 unspecified atom stereocenters. The molecule has 2 amide bonds. The number of methoxy groups -OCH3 is 1. The Morgan fingerprint density at radius 3 is 2.11 bits per heavy atom. The largest absolute Gasteiger partial charge is 0.497 e. The molecule has 0 radical (unpaired) electrons. The molecule has 37 heavy (non-hydrogen) atoms.